The van der Waals surface area contributed by atoms with Crippen LogP contribution in [0.1, 0.15) is 219 Å². The largest absolute Gasteiger partial charge is 0.472 e. The molecule has 3 unspecified atom stereocenters. The maximum Gasteiger partial charge on any atom is 0.472 e. The van der Waals surface area contributed by atoms with Crippen molar-refractivity contribution in [3.63, 3.8) is 0 Å². The minimum absolute atomic E-state index is 0.0500. The molecule has 3 atom stereocenters. The number of phosphoric acid groups is 1. The van der Waals surface area contributed by atoms with Crippen molar-refractivity contribution in [2.24, 2.45) is 0 Å². The molecule has 0 aromatic heterocycles. The van der Waals surface area contributed by atoms with Crippen LogP contribution in [0.3, 0.4) is 0 Å². The van der Waals surface area contributed by atoms with E-state index in [1.54, 1.807) is 6.08 Å². The van der Waals surface area contributed by atoms with E-state index in [1.807, 2.05) is 27.2 Å². The topological polar surface area (TPSA) is 105 Å². The van der Waals surface area contributed by atoms with Crippen molar-refractivity contribution in [1.82, 2.24) is 5.32 Å². The highest BCUT2D eigenvalue weighted by Gasteiger charge is 2.27. The smallest absolute Gasteiger partial charge is 0.387 e. The van der Waals surface area contributed by atoms with Crippen LogP contribution in [0, 0.1) is 0 Å². The van der Waals surface area contributed by atoms with Crippen molar-refractivity contribution in [3.05, 3.63) is 97.2 Å². The summed E-state index contributed by atoms with van der Waals surface area (Å²) in [4.78, 5) is 23.2. The Labute approximate surface area is 419 Å². The van der Waals surface area contributed by atoms with Crippen LogP contribution in [0.5, 0.6) is 0 Å². The van der Waals surface area contributed by atoms with Gasteiger partial charge in [-0.3, -0.25) is 13.8 Å². The summed E-state index contributed by atoms with van der Waals surface area (Å²) in [6.07, 6.45) is 70.8. The van der Waals surface area contributed by atoms with Gasteiger partial charge in [-0.15, -0.1) is 0 Å². The fraction of sp³-hybridized carbons (Fsp3) is 0.712. The lowest BCUT2D eigenvalue weighted by Gasteiger charge is -2.25. The van der Waals surface area contributed by atoms with E-state index in [-0.39, 0.29) is 19.1 Å². The third-order valence-electron chi connectivity index (χ3n) is 11.8. The molecule has 0 saturated carbocycles. The number of amides is 1. The van der Waals surface area contributed by atoms with E-state index >= 15 is 0 Å². The number of phosphoric ester groups is 1. The molecule has 0 aliphatic carbocycles. The second-order valence-corrected chi connectivity index (χ2v) is 21.0. The number of hydrogen-bond donors (Lipinski definition) is 3. The summed E-state index contributed by atoms with van der Waals surface area (Å²) in [6.45, 7) is 4.65. The predicted molar refractivity (Wildman–Crippen MR) is 295 cm³/mol. The van der Waals surface area contributed by atoms with Crippen molar-refractivity contribution in [1.29, 1.82) is 0 Å². The molecule has 0 rings (SSSR count). The monoisotopic (exact) mass is 970 g/mol. The van der Waals surface area contributed by atoms with Gasteiger partial charge in [0.1, 0.15) is 13.2 Å². The summed E-state index contributed by atoms with van der Waals surface area (Å²) < 4.78 is 23.6. The molecule has 0 saturated heterocycles. The van der Waals surface area contributed by atoms with Crippen molar-refractivity contribution >= 4 is 13.7 Å². The number of quaternary nitrogens is 1. The fourth-order valence-electron chi connectivity index (χ4n) is 7.45. The SMILES string of the molecule is CC/C=C\C/C=C\C/C=C\C/C=C\C/C=C\CCCCCCCCCCCCCCCCCC(=O)NC(COP(=O)(O)OCC[N+](C)(C)C)C(O)/C=C/CC/C=C/CC/C=C/CCCCCCC. The molecular formula is C59H106N2O6P+. The Morgan fingerprint density at radius 2 is 0.897 bits per heavy atom. The van der Waals surface area contributed by atoms with Crippen LogP contribution in [-0.2, 0) is 18.4 Å². The highest BCUT2D eigenvalue weighted by atomic mass is 31.2. The zero-order valence-electron chi connectivity index (χ0n) is 44.6. The van der Waals surface area contributed by atoms with Gasteiger partial charge in [-0.05, 0) is 89.9 Å². The molecule has 0 aliphatic rings. The zero-order valence-corrected chi connectivity index (χ0v) is 45.5. The Balaban J connectivity index is 4.18. The zero-order chi connectivity index (χ0) is 49.9. The van der Waals surface area contributed by atoms with E-state index in [0.29, 0.717) is 17.4 Å². The normalized spacial score (nSPS) is 14.8. The van der Waals surface area contributed by atoms with Crippen LogP contribution in [0.2, 0.25) is 0 Å². The second-order valence-electron chi connectivity index (χ2n) is 19.6. The molecule has 392 valence electrons. The first-order valence-corrected chi connectivity index (χ1v) is 29.1. The number of aliphatic hydroxyl groups is 1. The molecule has 0 radical (unpaired) electrons. The Bertz CT molecular complexity index is 1420. The first-order chi connectivity index (χ1) is 33.0. The molecule has 0 spiro atoms. The third-order valence-corrected chi connectivity index (χ3v) is 12.7. The van der Waals surface area contributed by atoms with E-state index in [4.69, 9.17) is 9.05 Å². The van der Waals surface area contributed by atoms with Crippen molar-refractivity contribution in [2.75, 3.05) is 40.9 Å². The number of nitrogens with one attached hydrogen (secondary N) is 1. The van der Waals surface area contributed by atoms with Gasteiger partial charge in [-0.25, -0.2) is 4.57 Å². The van der Waals surface area contributed by atoms with Crippen LogP contribution in [-0.4, -0.2) is 73.4 Å². The van der Waals surface area contributed by atoms with E-state index in [9.17, 15) is 19.4 Å². The van der Waals surface area contributed by atoms with Gasteiger partial charge in [0.05, 0.1) is 39.9 Å². The van der Waals surface area contributed by atoms with E-state index < -0.39 is 20.0 Å². The average molecular weight is 970 g/mol. The molecular weight excluding hydrogens is 864 g/mol. The molecule has 9 heteroatoms. The number of allylic oxidation sites excluding steroid dienone is 15. The summed E-state index contributed by atoms with van der Waals surface area (Å²) >= 11 is 0. The summed E-state index contributed by atoms with van der Waals surface area (Å²) in [5, 5.41) is 13.9. The van der Waals surface area contributed by atoms with Crippen molar-refractivity contribution in [3.8, 4) is 0 Å². The van der Waals surface area contributed by atoms with Crippen LogP contribution in [0.4, 0.5) is 0 Å². The molecule has 0 heterocycles. The van der Waals surface area contributed by atoms with E-state index in [1.165, 1.54) is 122 Å². The molecule has 3 N–H and O–H groups in total. The van der Waals surface area contributed by atoms with Gasteiger partial charge in [-0.2, -0.15) is 0 Å². The quantitative estimate of drug-likeness (QED) is 0.0243. The third kappa shape index (κ3) is 51.3. The predicted octanol–water partition coefficient (Wildman–Crippen LogP) is 16.6. The van der Waals surface area contributed by atoms with Gasteiger partial charge >= 0.3 is 7.82 Å². The number of likely N-dealkylation sites (N-methyl/N-ethyl adjacent to an activating group) is 1. The van der Waals surface area contributed by atoms with Crippen LogP contribution in [0.15, 0.2) is 97.2 Å². The minimum Gasteiger partial charge on any atom is -0.387 e. The first-order valence-electron chi connectivity index (χ1n) is 27.6. The van der Waals surface area contributed by atoms with E-state index in [0.717, 1.165) is 77.0 Å². The number of carbonyl (C=O) groups is 1. The molecule has 8 nitrogen and oxygen atoms in total. The summed E-state index contributed by atoms with van der Waals surface area (Å²) in [6, 6.07) is -0.874. The Morgan fingerprint density at radius 3 is 1.35 bits per heavy atom. The van der Waals surface area contributed by atoms with Crippen LogP contribution >= 0.6 is 7.82 Å². The molecule has 1 amide bonds. The molecule has 0 bridgehead atoms. The number of unbranched alkanes of at least 4 members (excludes halogenated alkanes) is 22. The molecule has 0 aliphatic heterocycles. The number of nitrogens with zero attached hydrogens (tertiary/aromatic N) is 1. The molecule has 68 heavy (non-hydrogen) atoms. The van der Waals surface area contributed by atoms with Crippen molar-refractivity contribution in [2.45, 2.75) is 231 Å². The molecule has 0 aromatic rings. The maximum absolute atomic E-state index is 13.0. The summed E-state index contributed by atoms with van der Waals surface area (Å²) in [5.74, 6) is -0.195. The van der Waals surface area contributed by atoms with Gasteiger partial charge in [0.2, 0.25) is 5.91 Å². The number of carbonyl (C=O) groups excluding carboxylic acids is 1. The lowest BCUT2D eigenvalue weighted by Crippen LogP contribution is -2.45. The van der Waals surface area contributed by atoms with Crippen molar-refractivity contribution < 1.29 is 32.9 Å². The lowest BCUT2D eigenvalue weighted by atomic mass is 10.0. The average Bonchev–Trinajstić information content (AvgIpc) is 3.30. The number of hydrogen-bond acceptors (Lipinski definition) is 5. The Morgan fingerprint density at radius 1 is 0.515 bits per heavy atom. The first kappa shape index (κ1) is 65.4. The van der Waals surface area contributed by atoms with Gasteiger partial charge < -0.3 is 19.8 Å². The van der Waals surface area contributed by atoms with Gasteiger partial charge in [0.15, 0.2) is 0 Å². The van der Waals surface area contributed by atoms with Gasteiger partial charge in [-0.1, -0.05) is 220 Å². The highest BCUT2D eigenvalue weighted by Crippen LogP contribution is 2.43. The second kappa shape index (κ2) is 49.4. The summed E-state index contributed by atoms with van der Waals surface area (Å²) in [7, 11) is 1.54. The fourth-order valence-corrected chi connectivity index (χ4v) is 8.19. The lowest BCUT2D eigenvalue weighted by molar-refractivity contribution is -0.870. The van der Waals surface area contributed by atoms with Gasteiger partial charge in [0.25, 0.3) is 0 Å². The van der Waals surface area contributed by atoms with Gasteiger partial charge in [0, 0.05) is 6.42 Å². The Kier molecular flexibility index (Phi) is 47.5. The standard InChI is InChI=1S/C59H105N2O6P/c1-6-8-10-12-14-16-18-20-22-23-24-25-26-27-28-29-30-31-32-33-34-35-36-37-39-41-43-45-47-49-51-53-59(63)60-57(56-67-68(64,65)66-55-54-61(3,4)5)58(62)52-50-48-46-44-42-40-38-21-19-17-15-13-11-9-7-2/h8,10,14,16,19-22,24-25,27-28,42,44,50,52,57-58,62H,6-7,9,11-13,15,17-18,23,26,29-41,43,45-49,51,53-56H2,1-5H3,(H-,60,63,64,65)/p+1/b10-8-,16-14-,21-19+,22-20-,25-24-,28-27-,44-42+,52-50+. The number of aliphatic hydroxyl groups excluding tert-OH is 1. The van der Waals surface area contributed by atoms with Crippen LogP contribution < -0.4 is 5.32 Å². The highest BCUT2D eigenvalue weighted by molar-refractivity contribution is 7.47. The molecule has 0 fully saturated rings. The summed E-state index contributed by atoms with van der Waals surface area (Å²) in [5.41, 5.74) is 0. The van der Waals surface area contributed by atoms with Crippen LogP contribution in [0.25, 0.3) is 0 Å². The minimum atomic E-state index is -4.36. The molecule has 0 aromatic carbocycles. The van der Waals surface area contributed by atoms with E-state index in [2.05, 4.69) is 104 Å². The maximum atomic E-state index is 13.0. The number of rotatable bonds is 49. The Hall–Kier alpha value is -2.58.